The fourth-order valence-corrected chi connectivity index (χ4v) is 2.56. The summed E-state index contributed by atoms with van der Waals surface area (Å²) in [5, 5.41) is 10.6. The predicted octanol–water partition coefficient (Wildman–Crippen LogP) is 1.84. The van der Waals surface area contributed by atoms with Gasteiger partial charge >= 0.3 is 6.03 Å². The molecule has 0 radical (unpaired) electrons. The smallest absolute Gasteiger partial charge is 0.322 e. The van der Waals surface area contributed by atoms with Crippen LogP contribution in [-0.2, 0) is 0 Å². The van der Waals surface area contributed by atoms with E-state index in [0.717, 1.165) is 18.9 Å². The topological polar surface area (TPSA) is 74.2 Å². The minimum atomic E-state index is -0.0991. The van der Waals surface area contributed by atoms with E-state index in [1.807, 2.05) is 24.1 Å². The van der Waals surface area contributed by atoms with E-state index in [2.05, 4.69) is 38.4 Å². The summed E-state index contributed by atoms with van der Waals surface area (Å²) >= 11 is 0. The highest BCUT2D eigenvalue weighted by Crippen LogP contribution is 2.16. The molecule has 0 aromatic carbocycles. The summed E-state index contributed by atoms with van der Waals surface area (Å²) in [6.45, 7) is 6.76. The lowest BCUT2D eigenvalue weighted by atomic mass is 10.2. The molecule has 1 fully saturated rings. The summed E-state index contributed by atoms with van der Waals surface area (Å²) in [4.78, 5) is 20.8. The Morgan fingerprint density at radius 1 is 1.13 bits per heavy atom. The van der Waals surface area contributed by atoms with Crippen LogP contribution in [-0.4, -0.2) is 52.3 Å². The van der Waals surface area contributed by atoms with E-state index in [-0.39, 0.29) is 6.03 Å². The minimum absolute atomic E-state index is 0.0991. The van der Waals surface area contributed by atoms with Crippen LogP contribution in [0.1, 0.15) is 11.3 Å². The molecule has 1 aliphatic rings. The Morgan fingerprint density at radius 2 is 1.91 bits per heavy atom. The van der Waals surface area contributed by atoms with Gasteiger partial charge in [-0.1, -0.05) is 0 Å². The minimum Gasteiger partial charge on any atom is -0.353 e. The summed E-state index contributed by atoms with van der Waals surface area (Å²) in [7, 11) is 0. The van der Waals surface area contributed by atoms with Crippen molar-refractivity contribution in [3.05, 3.63) is 41.9 Å². The maximum absolute atomic E-state index is 12.3. The number of piperazine rings is 1. The lowest BCUT2D eigenvalue weighted by molar-refractivity contribution is 0.208. The summed E-state index contributed by atoms with van der Waals surface area (Å²) in [5.74, 6) is 0.972. The first-order chi connectivity index (χ1) is 11.1. The van der Waals surface area contributed by atoms with Gasteiger partial charge in [-0.2, -0.15) is 10.2 Å². The average Bonchev–Trinajstić information content (AvgIpc) is 2.57. The van der Waals surface area contributed by atoms with Crippen LogP contribution in [0.3, 0.4) is 0 Å². The number of carbonyl (C=O) groups is 1. The number of nitrogens with one attached hydrogen (secondary N) is 1. The van der Waals surface area contributed by atoms with E-state index >= 15 is 0 Å². The molecule has 0 unspecified atom stereocenters. The van der Waals surface area contributed by atoms with Gasteiger partial charge in [-0.3, -0.25) is 0 Å². The summed E-state index contributed by atoms with van der Waals surface area (Å²) in [6.07, 6.45) is 3.40. The molecule has 120 valence electrons. The van der Waals surface area contributed by atoms with Crippen LogP contribution >= 0.6 is 0 Å². The number of aromatic nitrogens is 3. The van der Waals surface area contributed by atoms with E-state index in [4.69, 9.17) is 0 Å². The van der Waals surface area contributed by atoms with Gasteiger partial charge in [0, 0.05) is 32.4 Å². The van der Waals surface area contributed by atoms with Crippen LogP contribution in [0.4, 0.5) is 16.3 Å². The number of anilines is 2. The number of amides is 2. The van der Waals surface area contributed by atoms with E-state index in [0.29, 0.717) is 24.5 Å². The molecule has 0 spiro atoms. The Balaban J connectivity index is 1.58. The molecule has 2 aromatic rings. The highest BCUT2D eigenvalue weighted by Gasteiger charge is 2.22. The molecule has 3 heterocycles. The third kappa shape index (κ3) is 3.56. The molecule has 0 atom stereocenters. The fourth-order valence-electron chi connectivity index (χ4n) is 2.56. The van der Waals surface area contributed by atoms with Crippen molar-refractivity contribution in [1.29, 1.82) is 0 Å². The number of aryl methyl sites for hydroxylation is 2. The first-order valence-corrected chi connectivity index (χ1v) is 7.65. The molecule has 23 heavy (non-hydrogen) atoms. The van der Waals surface area contributed by atoms with Crippen molar-refractivity contribution >= 4 is 17.5 Å². The third-order valence-corrected chi connectivity index (χ3v) is 3.94. The van der Waals surface area contributed by atoms with Gasteiger partial charge in [-0.15, -0.1) is 0 Å². The molecule has 2 amide bonds. The maximum atomic E-state index is 12.3. The molecular weight excluding hydrogens is 292 g/mol. The molecule has 0 aliphatic carbocycles. The summed E-state index contributed by atoms with van der Waals surface area (Å²) < 4.78 is 0. The van der Waals surface area contributed by atoms with Crippen molar-refractivity contribution in [2.75, 3.05) is 36.4 Å². The quantitative estimate of drug-likeness (QED) is 0.916. The van der Waals surface area contributed by atoms with Gasteiger partial charge in [0.1, 0.15) is 5.82 Å². The predicted molar refractivity (Wildman–Crippen MR) is 88.5 cm³/mol. The largest absolute Gasteiger partial charge is 0.353 e. The average molecular weight is 312 g/mol. The number of nitrogens with zero attached hydrogens (tertiary/aromatic N) is 5. The van der Waals surface area contributed by atoms with Crippen LogP contribution in [0.15, 0.2) is 30.6 Å². The maximum Gasteiger partial charge on any atom is 0.322 e. The number of carbonyl (C=O) groups excluding carboxylic acids is 1. The zero-order chi connectivity index (χ0) is 16.2. The van der Waals surface area contributed by atoms with Gasteiger partial charge in [0.25, 0.3) is 0 Å². The SMILES string of the molecule is Cc1ccnc(N2CCN(C(=O)Nc3ccnnc3C)CC2)c1. The normalized spacial score (nSPS) is 14.7. The lowest BCUT2D eigenvalue weighted by Gasteiger charge is -2.35. The number of hydrogen-bond acceptors (Lipinski definition) is 5. The Kier molecular flexibility index (Phi) is 4.36. The van der Waals surface area contributed by atoms with E-state index in [9.17, 15) is 4.79 Å². The second kappa shape index (κ2) is 6.60. The molecule has 2 aromatic heterocycles. The molecule has 1 saturated heterocycles. The molecule has 3 rings (SSSR count). The Hall–Kier alpha value is -2.70. The molecular formula is C16H20N6O. The van der Waals surface area contributed by atoms with Gasteiger partial charge < -0.3 is 15.1 Å². The van der Waals surface area contributed by atoms with Crippen LogP contribution in [0.25, 0.3) is 0 Å². The van der Waals surface area contributed by atoms with Gasteiger partial charge in [0.2, 0.25) is 0 Å². The van der Waals surface area contributed by atoms with Gasteiger partial charge in [-0.25, -0.2) is 9.78 Å². The molecule has 0 bridgehead atoms. The second-order valence-corrected chi connectivity index (χ2v) is 5.63. The van der Waals surface area contributed by atoms with E-state index in [1.165, 1.54) is 5.56 Å². The van der Waals surface area contributed by atoms with Crippen molar-refractivity contribution in [2.45, 2.75) is 13.8 Å². The van der Waals surface area contributed by atoms with Crippen LogP contribution < -0.4 is 10.2 Å². The molecule has 7 heteroatoms. The van der Waals surface area contributed by atoms with Crippen molar-refractivity contribution in [3.8, 4) is 0 Å². The summed E-state index contributed by atoms with van der Waals surface area (Å²) in [5.41, 5.74) is 2.60. The van der Waals surface area contributed by atoms with E-state index in [1.54, 1.807) is 12.3 Å². The Bertz CT molecular complexity index is 696. The fraction of sp³-hybridized carbons (Fsp3) is 0.375. The first kappa shape index (κ1) is 15.2. The van der Waals surface area contributed by atoms with Crippen LogP contribution in [0, 0.1) is 13.8 Å². The first-order valence-electron chi connectivity index (χ1n) is 7.65. The number of rotatable bonds is 2. The van der Waals surface area contributed by atoms with Crippen LogP contribution in [0.5, 0.6) is 0 Å². The highest BCUT2D eigenvalue weighted by atomic mass is 16.2. The van der Waals surface area contributed by atoms with E-state index < -0.39 is 0 Å². The van der Waals surface area contributed by atoms with Crippen molar-refractivity contribution in [2.24, 2.45) is 0 Å². The Labute approximate surface area is 135 Å². The van der Waals surface area contributed by atoms with Crippen molar-refractivity contribution < 1.29 is 4.79 Å². The number of urea groups is 1. The molecule has 1 N–H and O–H groups in total. The lowest BCUT2D eigenvalue weighted by Crippen LogP contribution is -2.50. The van der Waals surface area contributed by atoms with Crippen LogP contribution in [0.2, 0.25) is 0 Å². The molecule has 7 nitrogen and oxygen atoms in total. The number of pyridine rings is 1. The molecule has 1 aliphatic heterocycles. The van der Waals surface area contributed by atoms with Crippen molar-refractivity contribution in [3.63, 3.8) is 0 Å². The Morgan fingerprint density at radius 3 is 2.61 bits per heavy atom. The third-order valence-electron chi connectivity index (χ3n) is 3.94. The zero-order valence-electron chi connectivity index (χ0n) is 13.4. The van der Waals surface area contributed by atoms with Gasteiger partial charge in [-0.05, 0) is 37.6 Å². The highest BCUT2D eigenvalue weighted by molar-refractivity contribution is 5.89. The van der Waals surface area contributed by atoms with Gasteiger partial charge in [0.15, 0.2) is 0 Å². The second-order valence-electron chi connectivity index (χ2n) is 5.63. The molecule has 0 saturated carbocycles. The summed E-state index contributed by atoms with van der Waals surface area (Å²) in [6, 6.07) is 5.71. The van der Waals surface area contributed by atoms with Gasteiger partial charge in [0.05, 0.1) is 17.6 Å². The van der Waals surface area contributed by atoms with Crippen molar-refractivity contribution in [1.82, 2.24) is 20.1 Å². The number of hydrogen-bond donors (Lipinski definition) is 1. The zero-order valence-corrected chi connectivity index (χ0v) is 13.4. The monoisotopic (exact) mass is 312 g/mol. The standard InChI is InChI=1S/C16H20N6O/c1-12-3-5-17-15(11-12)21-7-9-22(10-8-21)16(23)19-14-4-6-18-20-13(14)2/h3-6,11H,7-10H2,1-2H3,(H,18,19,23).